The second-order valence-corrected chi connectivity index (χ2v) is 6.71. The van der Waals surface area contributed by atoms with E-state index in [-0.39, 0.29) is 12.5 Å². The maximum absolute atomic E-state index is 12.2. The third kappa shape index (κ3) is 5.68. The molecule has 0 bridgehead atoms. The van der Waals surface area contributed by atoms with Gasteiger partial charge in [-0.15, -0.1) is 0 Å². The molecule has 0 saturated heterocycles. The Morgan fingerprint density at radius 1 is 1.00 bits per heavy atom. The van der Waals surface area contributed by atoms with Gasteiger partial charge in [-0.3, -0.25) is 4.79 Å². The van der Waals surface area contributed by atoms with Crippen molar-refractivity contribution in [2.75, 3.05) is 24.4 Å². The van der Waals surface area contributed by atoms with Crippen LogP contribution in [-0.2, 0) is 4.79 Å². The molecule has 0 aliphatic heterocycles. The first-order valence-corrected chi connectivity index (χ1v) is 9.19. The molecule has 7 nitrogen and oxygen atoms in total. The minimum Gasteiger partial charge on any atom is -0.495 e. The number of hydrogen-bond acceptors (Lipinski definition) is 6. The van der Waals surface area contributed by atoms with Crippen LogP contribution in [0.1, 0.15) is 16.8 Å². The summed E-state index contributed by atoms with van der Waals surface area (Å²) in [6.45, 7) is 5.72. The molecule has 150 valence electrons. The predicted octanol–water partition coefficient (Wildman–Crippen LogP) is 4.17. The van der Waals surface area contributed by atoms with Crippen molar-refractivity contribution in [3.8, 4) is 11.6 Å². The molecule has 1 amide bonds. The Labute approximate surface area is 170 Å². The van der Waals surface area contributed by atoms with E-state index in [9.17, 15) is 4.79 Å². The van der Waals surface area contributed by atoms with Crippen molar-refractivity contribution in [2.45, 2.75) is 20.8 Å². The van der Waals surface area contributed by atoms with E-state index in [1.165, 1.54) is 0 Å². The summed E-state index contributed by atoms with van der Waals surface area (Å²) in [6.07, 6.45) is 0. The number of rotatable bonds is 7. The molecule has 0 fully saturated rings. The number of hydrogen-bond donors (Lipinski definition) is 2. The number of para-hydroxylation sites is 2. The van der Waals surface area contributed by atoms with E-state index in [2.05, 4.69) is 26.7 Å². The van der Waals surface area contributed by atoms with Gasteiger partial charge in [0.2, 0.25) is 11.8 Å². The van der Waals surface area contributed by atoms with Gasteiger partial charge >= 0.3 is 0 Å². The fourth-order valence-corrected chi connectivity index (χ4v) is 2.92. The first kappa shape index (κ1) is 20.1. The molecule has 3 rings (SSSR count). The van der Waals surface area contributed by atoms with E-state index in [0.717, 1.165) is 22.5 Å². The van der Waals surface area contributed by atoms with Crippen molar-refractivity contribution in [1.82, 2.24) is 9.97 Å². The van der Waals surface area contributed by atoms with E-state index in [0.29, 0.717) is 23.3 Å². The van der Waals surface area contributed by atoms with Crippen molar-refractivity contribution in [2.24, 2.45) is 0 Å². The Kier molecular flexibility index (Phi) is 6.29. The lowest BCUT2D eigenvalue weighted by Crippen LogP contribution is -2.21. The van der Waals surface area contributed by atoms with Gasteiger partial charge < -0.3 is 20.1 Å². The molecule has 0 spiro atoms. The Hall–Kier alpha value is -3.61. The number of benzene rings is 2. The molecule has 7 heteroatoms. The summed E-state index contributed by atoms with van der Waals surface area (Å²) in [5, 5.41) is 5.96. The zero-order valence-electron chi connectivity index (χ0n) is 16.9. The van der Waals surface area contributed by atoms with Gasteiger partial charge in [-0.05, 0) is 56.2 Å². The topological polar surface area (TPSA) is 85.4 Å². The number of anilines is 3. The van der Waals surface area contributed by atoms with Crippen LogP contribution in [-0.4, -0.2) is 29.6 Å². The van der Waals surface area contributed by atoms with Crippen LogP contribution in [0.2, 0.25) is 0 Å². The van der Waals surface area contributed by atoms with Crippen LogP contribution in [0.4, 0.5) is 17.3 Å². The van der Waals surface area contributed by atoms with E-state index in [4.69, 9.17) is 9.47 Å². The fourth-order valence-electron chi connectivity index (χ4n) is 2.92. The molecule has 2 aromatic carbocycles. The average Bonchev–Trinajstić information content (AvgIpc) is 2.65. The van der Waals surface area contributed by atoms with Crippen LogP contribution in [0.25, 0.3) is 0 Å². The van der Waals surface area contributed by atoms with Gasteiger partial charge in [0.1, 0.15) is 5.75 Å². The highest BCUT2D eigenvalue weighted by Crippen LogP contribution is 2.23. The maximum Gasteiger partial charge on any atom is 0.262 e. The van der Waals surface area contributed by atoms with Gasteiger partial charge in [0, 0.05) is 17.4 Å². The quantitative estimate of drug-likeness (QED) is 0.628. The summed E-state index contributed by atoms with van der Waals surface area (Å²) >= 11 is 0. The molecule has 0 aliphatic carbocycles. The van der Waals surface area contributed by atoms with Gasteiger partial charge in [0.05, 0.1) is 12.8 Å². The third-order valence-corrected chi connectivity index (χ3v) is 4.04. The highest BCUT2D eigenvalue weighted by molar-refractivity contribution is 5.93. The molecular weight excluding hydrogens is 368 g/mol. The fraction of sp³-hybridized carbons (Fsp3) is 0.227. The Balaban J connectivity index is 1.66. The summed E-state index contributed by atoms with van der Waals surface area (Å²) in [4.78, 5) is 21.0. The number of carbonyl (C=O) groups excluding carboxylic acids is 1. The highest BCUT2D eigenvalue weighted by Gasteiger charge is 2.10. The number of methoxy groups -OCH3 is 1. The Bertz CT molecular complexity index is 1000. The van der Waals surface area contributed by atoms with Crippen molar-refractivity contribution < 1.29 is 14.3 Å². The molecule has 1 aromatic heterocycles. The van der Waals surface area contributed by atoms with Crippen LogP contribution in [0, 0.1) is 20.8 Å². The Morgan fingerprint density at radius 2 is 1.72 bits per heavy atom. The normalized spacial score (nSPS) is 10.3. The molecule has 3 aromatic rings. The zero-order valence-corrected chi connectivity index (χ0v) is 16.9. The summed E-state index contributed by atoms with van der Waals surface area (Å²) in [7, 11) is 1.55. The number of nitrogens with one attached hydrogen (secondary N) is 2. The second-order valence-electron chi connectivity index (χ2n) is 6.71. The number of aryl methyl sites for hydroxylation is 3. The van der Waals surface area contributed by atoms with Gasteiger partial charge in [-0.25, -0.2) is 4.98 Å². The lowest BCUT2D eigenvalue weighted by Gasteiger charge is -2.12. The lowest BCUT2D eigenvalue weighted by molar-refractivity contribution is -0.118. The van der Waals surface area contributed by atoms with Crippen LogP contribution in [0.3, 0.4) is 0 Å². The molecule has 0 atom stereocenters. The predicted molar refractivity (Wildman–Crippen MR) is 113 cm³/mol. The number of amides is 1. The van der Waals surface area contributed by atoms with E-state index >= 15 is 0 Å². The van der Waals surface area contributed by atoms with Crippen molar-refractivity contribution in [1.29, 1.82) is 0 Å². The van der Waals surface area contributed by atoms with Gasteiger partial charge in [-0.1, -0.05) is 18.2 Å². The minimum atomic E-state index is -0.311. The van der Waals surface area contributed by atoms with E-state index < -0.39 is 0 Å². The van der Waals surface area contributed by atoms with Crippen molar-refractivity contribution >= 4 is 23.2 Å². The first-order valence-electron chi connectivity index (χ1n) is 9.19. The molecule has 29 heavy (non-hydrogen) atoms. The van der Waals surface area contributed by atoms with Crippen molar-refractivity contribution in [3.63, 3.8) is 0 Å². The third-order valence-electron chi connectivity index (χ3n) is 4.04. The van der Waals surface area contributed by atoms with E-state index in [1.807, 2.05) is 45.0 Å². The number of carbonyl (C=O) groups is 1. The van der Waals surface area contributed by atoms with Crippen LogP contribution >= 0.6 is 0 Å². The summed E-state index contributed by atoms with van der Waals surface area (Å²) in [5.41, 5.74) is 4.49. The molecule has 0 saturated carbocycles. The number of aromatic nitrogens is 2. The molecule has 0 unspecified atom stereocenters. The molecule has 0 radical (unpaired) electrons. The number of ether oxygens (including phenoxy) is 2. The zero-order chi connectivity index (χ0) is 20.8. The summed E-state index contributed by atoms with van der Waals surface area (Å²) in [6, 6.07) is 15.0. The number of nitrogens with zero attached hydrogens (tertiary/aromatic N) is 2. The standard InChI is InChI=1S/C22H24N4O3/c1-14-9-15(2)11-17(10-14)24-22-23-16(3)12-21(26-22)29-13-20(27)25-18-7-5-6-8-19(18)28-4/h5-12H,13H2,1-4H3,(H,25,27)(H,23,24,26). The minimum absolute atomic E-state index is 0.183. The summed E-state index contributed by atoms with van der Waals surface area (Å²) in [5.74, 6) is 1.00. The molecular formula is C22H24N4O3. The average molecular weight is 392 g/mol. The van der Waals surface area contributed by atoms with E-state index in [1.54, 1.807) is 25.3 Å². The second kappa shape index (κ2) is 9.05. The smallest absolute Gasteiger partial charge is 0.262 e. The lowest BCUT2D eigenvalue weighted by atomic mass is 10.1. The maximum atomic E-state index is 12.2. The van der Waals surface area contributed by atoms with Crippen LogP contribution in [0.15, 0.2) is 48.5 Å². The van der Waals surface area contributed by atoms with Gasteiger partial charge in [0.25, 0.3) is 5.91 Å². The van der Waals surface area contributed by atoms with Gasteiger partial charge in [-0.2, -0.15) is 4.98 Å². The summed E-state index contributed by atoms with van der Waals surface area (Å²) < 4.78 is 10.8. The van der Waals surface area contributed by atoms with Crippen LogP contribution in [0.5, 0.6) is 11.6 Å². The van der Waals surface area contributed by atoms with Gasteiger partial charge in [0.15, 0.2) is 6.61 Å². The SMILES string of the molecule is COc1ccccc1NC(=O)COc1cc(C)nc(Nc2cc(C)cc(C)c2)n1. The molecule has 1 heterocycles. The highest BCUT2D eigenvalue weighted by atomic mass is 16.5. The largest absolute Gasteiger partial charge is 0.495 e. The first-order chi connectivity index (χ1) is 13.9. The van der Waals surface area contributed by atoms with Crippen molar-refractivity contribution in [3.05, 3.63) is 65.4 Å². The monoisotopic (exact) mass is 392 g/mol. The molecule has 0 aliphatic rings. The Morgan fingerprint density at radius 3 is 2.45 bits per heavy atom. The molecule has 2 N–H and O–H groups in total. The van der Waals surface area contributed by atoms with Crippen LogP contribution < -0.4 is 20.1 Å².